The minimum atomic E-state index is -0.563. The van der Waals surface area contributed by atoms with Crippen LogP contribution in [0.4, 0.5) is 4.39 Å². The van der Waals surface area contributed by atoms with Crippen molar-refractivity contribution in [3.63, 3.8) is 0 Å². The van der Waals surface area contributed by atoms with Gasteiger partial charge in [-0.15, -0.1) is 0 Å². The number of halogens is 1. The second kappa shape index (κ2) is 8.25. The minimum absolute atomic E-state index is 0.171. The van der Waals surface area contributed by atoms with Gasteiger partial charge in [-0.3, -0.25) is 4.79 Å². The second-order valence-corrected chi connectivity index (χ2v) is 6.29. The van der Waals surface area contributed by atoms with E-state index in [-0.39, 0.29) is 24.2 Å². The summed E-state index contributed by atoms with van der Waals surface area (Å²) >= 11 is 0. The number of benzene rings is 1. The Morgan fingerprint density at radius 1 is 1.24 bits per heavy atom. The summed E-state index contributed by atoms with van der Waals surface area (Å²) in [6, 6.07) is 5.95. The Hall–Kier alpha value is -2.21. The summed E-state index contributed by atoms with van der Waals surface area (Å²) in [5.74, 6) is -0.406. The number of amides is 1. The third-order valence-electron chi connectivity index (χ3n) is 4.65. The number of hydrogen-bond donors (Lipinski definition) is 2. The Kier molecular flexibility index (Phi) is 6.31. The van der Waals surface area contributed by atoms with Gasteiger partial charge in [-0.05, 0) is 44.0 Å². The maximum absolute atomic E-state index is 13.1. The van der Waals surface area contributed by atoms with Crippen LogP contribution in [-0.4, -0.2) is 33.4 Å². The highest BCUT2D eigenvalue weighted by molar-refractivity contribution is 5.96. The van der Waals surface area contributed by atoms with E-state index in [1.54, 1.807) is 30.7 Å². The predicted octanol–water partition coefficient (Wildman–Crippen LogP) is 3.16. The molecule has 0 spiro atoms. The summed E-state index contributed by atoms with van der Waals surface area (Å²) in [7, 11) is 0. The fraction of sp³-hybridized carbons (Fsp3) is 0.474. The number of aliphatic hydroxyl groups is 1. The van der Waals surface area contributed by atoms with Crippen molar-refractivity contribution in [2.75, 3.05) is 6.54 Å². The largest absolute Gasteiger partial charge is 0.391 e. The molecule has 0 aliphatic heterocycles. The van der Waals surface area contributed by atoms with Crippen LogP contribution in [0.3, 0.4) is 0 Å². The van der Waals surface area contributed by atoms with Crippen LogP contribution in [0.15, 0.2) is 24.3 Å². The number of hydrogen-bond acceptors (Lipinski definition) is 3. The molecule has 1 aromatic heterocycles. The maximum Gasteiger partial charge on any atom is 0.255 e. The minimum Gasteiger partial charge on any atom is -0.391 e. The van der Waals surface area contributed by atoms with Gasteiger partial charge in [0.2, 0.25) is 0 Å². The molecule has 25 heavy (non-hydrogen) atoms. The van der Waals surface area contributed by atoms with Crippen molar-refractivity contribution in [1.82, 2.24) is 15.1 Å². The number of rotatable bonds is 7. The van der Waals surface area contributed by atoms with E-state index in [0.717, 1.165) is 12.8 Å². The van der Waals surface area contributed by atoms with Gasteiger partial charge in [0.15, 0.2) is 0 Å². The normalized spacial score (nSPS) is 12.4. The first-order valence-corrected chi connectivity index (χ1v) is 8.67. The first-order valence-electron chi connectivity index (χ1n) is 8.67. The third-order valence-corrected chi connectivity index (χ3v) is 4.65. The van der Waals surface area contributed by atoms with E-state index < -0.39 is 6.10 Å². The number of aliphatic hydroxyl groups excluding tert-OH is 1. The summed E-state index contributed by atoms with van der Waals surface area (Å²) in [5.41, 5.74) is 2.45. The second-order valence-electron chi connectivity index (χ2n) is 6.29. The van der Waals surface area contributed by atoms with Crippen molar-refractivity contribution in [2.45, 2.75) is 46.6 Å². The first kappa shape index (κ1) is 19.1. The molecule has 0 bridgehead atoms. The zero-order valence-corrected chi connectivity index (χ0v) is 15.2. The molecule has 0 aliphatic carbocycles. The lowest BCUT2D eigenvalue weighted by Gasteiger charge is -2.20. The zero-order valence-electron chi connectivity index (χ0n) is 15.2. The molecule has 0 aliphatic rings. The first-order chi connectivity index (χ1) is 11.9. The van der Waals surface area contributed by atoms with Crippen LogP contribution in [0, 0.1) is 25.6 Å². The summed E-state index contributed by atoms with van der Waals surface area (Å²) in [6.07, 6.45) is 1.18. The number of nitrogens with one attached hydrogen (secondary N) is 1. The molecule has 5 nitrogen and oxygen atoms in total. The van der Waals surface area contributed by atoms with Crippen LogP contribution in [0.25, 0.3) is 5.69 Å². The number of nitrogens with zero attached hydrogens (tertiary/aromatic N) is 2. The van der Waals surface area contributed by atoms with Crippen molar-refractivity contribution in [1.29, 1.82) is 0 Å². The molecule has 0 radical (unpaired) electrons. The maximum atomic E-state index is 13.1. The van der Waals surface area contributed by atoms with Gasteiger partial charge in [0, 0.05) is 6.54 Å². The van der Waals surface area contributed by atoms with Gasteiger partial charge < -0.3 is 10.4 Å². The molecule has 1 unspecified atom stereocenters. The van der Waals surface area contributed by atoms with Gasteiger partial charge in [0.05, 0.1) is 28.7 Å². The van der Waals surface area contributed by atoms with E-state index in [1.807, 2.05) is 13.8 Å². The zero-order chi connectivity index (χ0) is 18.6. The van der Waals surface area contributed by atoms with Crippen molar-refractivity contribution >= 4 is 5.91 Å². The molecule has 136 valence electrons. The van der Waals surface area contributed by atoms with Gasteiger partial charge in [0.1, 0.15) is 5.82 Å². The molecule has 1 heterocycles. The Morgan fingerprint density at radius 2 is 1.84 bits per heavy atom. The predicted molar refractivity (Wildman–Crippen MR) is 95.4 cm³/mol. The molecule has 2 N–H and O–H groups in total. The number of aromatic nitrogens is 2. The van der Waals surface area contributed by atoms with Crippen LogP contribution >= 0.6 is 0 Å². The van der Waals surface area contributed by atoms with E-state index in [1.165, 1.54) is 12.1 Å². The fourth-order valence-electron chi connectivity index (χ4n) is 3.09. The lowest BCUT2D eigenvalue weighted by molar-refractivity contribution is 0.0815. The Labute approximate surface area is 147 Å². The molecule has 1 amide bonds. The lowest BCUT2D eigenvalue weighted by atomic mass is 9.96. The third kappa shape index (κ3) is 4.25. The van der Waals surface area contributed by atoms with E-state index in [0.29, 0.717) is 22.6 Å². The fourth-order valence-corrected chi connectivity index (χ4v) is 3.09. The van der Waals surface area contributed by atoms with Crippen LogP contribution in [0.5, 0.6) is 0 Å². The molecular weight excluding hydrogens is 321 g/mol. The van der Waals surface area contributed by atoms with E-state index in [4.69, 9.17) is 0 Å². The van der Waals surface area contributed by atoms with Crippen LogP contribution in [0.1, 0.15) is 48.4 Å². The van der Waals surface area contributed by atoms with Gasteiger partial charge in [-0.25, -0.2) is 9.07 Å². The Bertz CT molecular complexity index is 721. The topological polar surface area (TPSA) is 67.2 Å². The quantitative estimate of drug-likeness (QED) is 0.808. The van der Waals surface area contributed by atoms with Crippen LogP contribution in [-0.2, 0) is 0 Å². The van der Waals surface area contributed by atoms with Crippen molar-refractivity contribution in [2.24, 2.45) is 5.92 Å². The summed E-state index contributed by atoms with van der Waals surface area (Å²) in [5, 5.41) is 17.4. The van der Waals surface area contributed by atoms with E-state index in [2.05, 4.69) is 10.4 Å². The van der Waals surface area contributed by atoms with E-state index >= 15 is 0 Å². The molecule has 0 fully saturated rings. The smallest absolute Gasteiger partial charge is 0.255 e. The summed E-state index contributed by atoms with van der Waals surface area (Å²) in [6.45, 7) is 7.83. The monoisotopic (exact) mass is 347 g/mol. The van der Waals surface area contributed by atoms with Crippen molar-refractivity contribution < 1.29 is 14.3 Å². The van der Waals surface area contributed by atoms with Crippen molar-refractivity contribution in [3.8, 4) is 5.69 Å². The highest BCUT2D eigenvalue weighted by Crippen LogP contribution is 2.19. The molecule has 1 aromatic carbocycles. The molecule has 2 rings (SSSR count). The van der Waals surface area contributed by atoms with Gasteiger partial charge in [-0.2, -0.15) is 5.10 Å². The Morgan fingerprint density at radius 3 is 2.40 bits per heavy atom. The number of carbonyl (C=O) groups is 1. The summed E-state index contributed by atoms with van der Waals surface area (Å²) in [4.78, 5) is 12.6. The van der Waals surface area contributed by atoms with Crippen molar-refractivity contribution in [3.05, 3.63) is 47.0 Å². The van der Waals surface area contributed by atoms with Gasteiger partial charge in [0.25, 0.3) is 5.91 Å². The molecule has 0 saturated heterocycles. The van der Waals surface area contributed by atoms with Crippen LogP contribution in [0.2, 0.25) is 0 Å². The van der Waals surface area contributed by atoms with Crippen LogP contribution < -0.4 is 5.32 Å². The summed E-state index contributed by atoms with van der Waals surface area (Å²) < 4.78 is 14.7. The highest BCUT2D eigenvalue weighted by Gasteiger charge is 2.21. The standard InChI is InChI=1S/C19H26FN3O2/c1-5-14(6-2)17(24)11-21-19(25)18-12(3)22-23(13(18)4)16-9-7-15(20)8-10-16/h7-10,14,17,24H,5-6,11H2,1-4H3,(H,21,25). The number of carbonyl (C=O) groups excluding carboxylic acids is 1. The molecule has 1 atom stereocenters. The molecular formula is C19H26FN3O2. The molecule has 0 saturated carbocycles. The average Bonchev–Trinajstić information content (AvgIpc) is 2.89. The SMILES string of the molecule is CCC(CC)C(O)CNC(=O)c1c(C)nn(-c2ccc(F)cc2)c1C. The molecule has 6 heteroatoms. The average molecular weight is 347 g/mol. The highest BCUT2D eigenvalue weighted by atomic mass is 19.1. The molecule has 2 aromatic rings. The lowest BCUT2D eigenvalue weighted by Crippen LogP contribution is -2.36. The van der Waals surface area contributed by atoms with Gasteiger partial charge in [-0.1, -0.05) is 26.7 Å². The van der Waals surface area contributed by atoms with E-state index in [9.17, 15) is 14.3 Å². The number of aryl methyl sites for hydroxylation is 1. The van der Waals surface area contributed by atoms with Gasteiger partial charge >= 0.3 is 0 Å². The Balaban J connectivity index is 2.17.